The number of ether oxygens (including phenoxy) is 1. The van der Waals surface area contributed by atoms with Crippen LogP contribution in [0.4, 0.5) is 0 Å². The Labute approximate surface area is 172 Å². The molecule has 4 rings (SSSR count). The number of carbonyl (C=O) groups excluding carboxylic acids is 1. The molecule has 2 unspecified atom stereocenters. The second-order valence-electron chi connectivity index (χ2n) is 7.55. The third-order valence-electron chi connectivity index (χ3n) is 5.60. The largest absolute Gasteiger partial charge is 0.374 e. The molecule has 2 heterocycles. The summed E-state index contributed by atoms with van der Waals surface area (Å²) < 4.78 is 33.4. The Bertz CT molecular complexity index is 934. The van der Waals surface area contributed by atoms with E-state index in [0.717, 1.165) is 6.42 Å². The highest BCUT2D eigenvalue weighted by Gasteiger charge is 2.42. The molecule has 2 atom stereocenters. The highest BCUT2D eigenvalue weighted by molar-refractivity contribution is 7.89. The van der Waals surface area contributed by atoms with Crippen LogP contribution in [0.15, 0.2) is 65.6 Å². The van der Waals surface area contributed by atoms with Crippen LogP contribution in [0.1, 0.15) is 18.4 Å². The molecule has 0 aromatic heterocycles. The number of rotatable bonds is 5. The van der Waals surface area contributed by atoms with Gasteiger partial charge in [0.05, 0.1) is 17.6 Å². The molecule has 6 nitrogen and oxygen atoms in total. The lowest BCUT2D eigenvalue weighted by Crippen LogP contribution is -2.53. The minimum atomic E-state index is -3.68. The molecule has 2 aliphatic heterocycles. The summed E-state index contributed by atoms with van der Waals surface area (Å²) in [6.07, 6.45) is 1.92. The molecule has 0 radical (unpaired) electrons. The molecule has 2 aliphatic rings. The SMILES string of the molecule is O=C(C1CCCN1S(=O)(=O)c1ccccc1)N1CCOC(Cc2ccccc2)C1. The van der Waals surface area contributed by atoms with E-state index in [2.05, 4.69) is 12.1 Å². The summed E-state index contributed by atoms with van der Waals surface area (Å²) in [6.45, 7) is 1.84. The van der Waals surface area contributed by atoms with Gasteiger partial charge in [0, 0.05) is 26.1 Å². The predicted octanol–water partition coefficient (Wildman–Crippen LogP) is 2.31. The monoisotopic (exact) mass is 414 g/mol. The van der Waals surface area contributed by atoms with E-state index in [4.69, 9.17) is 4.74 Å². The Morgan fingerprint density at radius 1 is 1.00 bits per heavy atom. The average Bonchev–Trinajstić information content (AvgIpc) is 3.26. The quantitative estimate of drug-likeness (QED) is 0.753. The second kappa shape index (κ2) is 8.65. The molecule has 2 aromatic rings. The van der Waals surface area contributed by atoms with Crippen molar-refractivity contribution in [1.82, 2.24) is 9.21 Å². The zero-order valence-electron chi connectivity index (χ0n) is 16.3. The number of hydrogen-bond acceptors (Lipinski definition) is 4. The minimum absolute atomic E-state index is 0.0734. The maximum Gasteiger partial charge on any atom is 0.243 e. The third-order valence-corrected chi connectivity index (χ3v) is 7.52. The van der Waals surface area contributed by atoms with E-state index in [1.165, 1.54) is 9.87 Å². The normalized spacial score (nSPS) is 23.2. The number of nitrogens with zero attached hydrogens (tertiary/aromatic N) is 2. The van der Waals surface area contributed by atoms with E-state index >= 15 is 0 Å². The third kappa shape index (κ3) is 4.37. The first-order valence-corrected chi connectivity index (χ1v) is 11.5. The van der Waals surface area contributed by atoms with E-state index in [1.54, 1.807) is 35.2 Å². The van der Waals surface area contributed by atoms with Crippen molar-refractivity contribution in [3.8, 4) is 0 Å². The van der Waals surface area contributed by atoms with Crippen LogP contribution in [0, 0.1) is 0 Å². The van der Waals surface area contributed by atoms with Crippen LogP contribution in [0.3, 0.4) is 0 Å². The molecule has 2 fully saturated rings. The zero-order valence-corrected chi connectivity index (χ0v) is 17.1. The van der Waals surface area contributed by atoms with E-state index in [0.29, 0.717) is 39.1 Å². The van der Waals surface area contributed by atoms with Gasteiger partial charge in [-0.25, -0.2) is 8.42 Å². The fourth-order valence-electron chi connectivity index (χ4n) is 4.13. The minimum Gasteiger partial charge on any atom is -0.374 e. The Kier molecular flexibility index (Phi) is 5.99. The Morgan fingerprint density at radius 2 is 1.69 bits per heavy atom. The smallest absolute Gasteiger partial charge is 0.243 e. The van der Waals surface area contributed by atoms with Crippen molar-refractivity contribution < 1.29 is 17.9 Å². The van der Waals surface area contributed by atoms with Gasteiger partial charge in [-0.2, -0.15) is 4.31 Å². The molecule has 29 heavy (non-hydrogen) atoms. The summed E-state index contributed by atoms with van der Waals surface area (Å²) >= 11 is 0. The van der Waals surface area contributed by atoms with Gasteiger partial charge in [0.25, 0.3) is 0 Å². The Balaban J connectivity index is 1.46. The number of benzene rings is 2. The number of hydrogen-bond donors (Lipinski definition) is 0. The van der Waals surface area contributed by atoms with Crippen LogP contribution in [0.2, 0.25) is 0 Å². The molecule has 0 N–H and O–H groups in total. The number of amides is 1. The highest BCUT2D eigenvalue weighted by atomic mass is 32.2. The second-order valence-corrected chi connectivity index (χ2v) is 9.44. The lowest BCUT2D eigenvalue weighted by atomic mass is 10.1. The van der Waals surface area contributed by atoms with Crippen LogP contribution in [-0.2, 0) is 26.0 Å². The van der Waals surface area contributed by atoms with Gasteiger partial charge >= 0.3 is 0 Å². The lowest BCUT2D eigenvalue weighted by Gasteiger charge is -2.36. The first-order chi connectivity index (χ1) is 14.1. The fourth-order valence-corrected chi connectivity index (χ4v) is 5.81. The van der Waals surface area contributed by atoms with Crippen LogP contribution in [0.5, 0.6) is 0 Å². The molecule has 0 saturated carbocycles. The van der Waals surface area contributed by atoms with Crippen molar-refractivity contribution in [2.75, 3.05) is 26.2 Å². The van der Waals surface area contributed by atoms with Gasteiger partial charge in [-0.05, 0) is 30.5 Å². The molecule has 1 amide bonds. The number of sulfonamides is 1. The van der Waals surface area contributed by atoms with Crippen LogP contribution in [0.25, 0.3) is 0 Å². The van der Waals surface area contributed by atoms with Crippen LogP contribution >= 0.6 is 0 Å². The van der Waals surface area contributed by atoms with Crippen molar-refractivity contribution in [2.24, 2.45) is 0 Å². The van der Waals surface area contributed by atoms with Crippen molar-refractivity contribution >= 4 is 15.9 Å². The molecule has 154 valence electrons. The molecular weight excluding hydrogens is 388 g/mol. The van der Waals surface area contributed by atoms with E-state index in [1.807, 2.05) is 18.2 Å². The molecule has 0 spiro atoms. The summed E-state index contributed by atoms with van der Waals surface area (Å²) in [5, 5.41) is 0. The van der Waals surface area contributed by atoms with Gasteiger partial charge in [0.1, 0.15) is 6.04 Å². The van der Waals surface area contributed by atoms with Gasteiger partial charge in [0.15, 0.2) is 0 Å². The maximum atomic E-state index is 13.3. The van der Waals surface area contributed by atoms with Gasteiger partial charge in [-0.1, -0.05) is 48.5 Å². The summed E-state index contributed by atoms with van der Waals surface area (Å²) in [6, 6.07) is 17.8. The summed E-state index contributed by atoms with van der Waals surface area (Å²) in [5.41, 5.74) is 1.17. The molecule has 2 aromatic carbocycles. The van der Waals surface area contributed by atoms with E-state index < -0.39 is 16.1 Å². The first kappa shape index (κ1) is 20.1. The lowest BCUT2D eigenvalue weighted by molar-refractivity contribution is -0.142. The number of carbonyl (C=O) groups is 1. The van der Waals surface area contributed by atoms with Crippen molar-refractivity contribution in [3.63, 3.8) is 0 Å². The standard InChI is InChI=1S/C22H26N2O4S/c25-22(23-14-15-28-19(17-23)16-18-8-3-1-4-9-18)21-12-7-13-24(21)29(26,27)20-10-5-2-6-11-20/h1-6,8-11,19,21H,7,12-17H2. The molecule has 2 saturated heterocycles. The topological polar surface area (TPSA) is 66.9 Å². The summed E-state index contributed by atoms with van der Waals surface area (Å²) in [4.78, 5) is 15.3. The van der Waals surface area contributed by atoms with Gasteiger partial charge in [0.2, 0.25) is 15.9 Å². The zero-order chi connectivity index (χ0) is 20.3. The first-order valence-electron chi connectivity index (χ1n) is 10.1. The van der Waals surface area contributed by atoms with Crippen LogP contribution < -0.4 is 0 Å². The van der Waals surface area contributed by atoms with E-state index in [9.17, 15) is 13.2 Å². The van der Waals surface area contributed by atoms with E-state index in [-0.39, 0.29) is 16.9 Å². The van der Waals surface area contributed by atoms with Gasteiger partial charge < -0.3 is 9.64 Å². The average molecular weight is 415 g/mol. The maximum absolute atomic E-state index is 13.3. The molecule has 7 heteroatoms. The summed E-state index contributed by atoms with van der Waals surface area (Å²) in [7, 11) is -3.68. The van der Waals surface area contributed by atoms with Crippen molar-refractivity contribution in [1.29, 1.82) is 0 Å². The number of morpholine rings is 1. The molecular formula is C22H26N2O4S. The fraction of sp³-hybridized carbons (Fsp3) is 0.409. The molecule has 0 aliphatic carbocycles. The highest BCUT2D eigenvalue weighted by Crippen LogP contribution is 2.28. The van der Waals surface area contributed by atoms with Crippen LogP contribution in [-0.4, -0.2) is 61.9 Å². The summed E-state index contributed by atoms with van der Waals surface area (Å²) in [5.74, 6) is -0.108. The van der Waals surface area contributed by atoms with Crippen molar-refractivity contribution in [2.45, 2.75) is 36.3 Å². The Morgan fingerprint density at radius 3 is 2.41 bits per heavy atom. The predicted molar refractivity (Wildman–Crippen MR) is 110 cm³/mol. The van der Waals surface area contributed by atoms with Gasteiger partial charge in [-0.15, -0.1) is 0 Å². The van der Waals surface area contributed by atoms with Crippen molar-refractivity contribution in [3.05, 3.63) is 66.2 Å². The van der Waals surface area contributed by atoms with Gasteiger partial charge in [-0.3, -0.25) is 4.79 Å². The molecule has 0 bridgehead atoms. The Hall–Kier alpha value is -2.22.